The smallest absolute Gasteiger partial charge is 0.357 e. The Balaban J connectivity index is 2.65. The van der Waals surface area contributed by atoms with Crippen LogP contribution in [-0.4, -0.2) is 22.5 Å². The van der Waals surface area contributed by atoms with Crippen molar-refractivity contribution in [3.63, 3.8) is 0 Å². The van der Waals surface area contributed by atoms with Crippen LogP contribution in [0.25, 0.3) is 10.9 Å². The second-order valence-electron chi connectivity index (χ2n) is 3.22. The quantitative estimate of drug-likeness (QED) is 0.631. The first-order chi connectivity index (χ1) is 8.11. The number of carbonyl (C=O) groups is 1. The van der Waals surface area contributed by atoms with Crippen molar-refractivity contribution in [1.29, 1.82) is 0 Å². The zero-order chi connectivity index (χ0) is 12.4. The van der Waals surface area contributed by atoms with Crippen molar-refractivity contribution >= 4 is 44.4 Å². The molecule has 0 fully saturated rings. The van der Waals surface area contributed by atoms with Crippen LogP contribution >= 0.6 is 27.5 Å². The molecule has 0 saturated carbocycles. The molecule has 0 unspecified atom stereocenters. The third-order valence-corrected chi connectivity index (χ3v) is 2.76. The van der Waals surface area contributed by atoms with Crippen molar-refractivity contribution < 1.29 is 9.53 Å². The third kappa shape index (κ3) is 2.56. The Hall–Kier alpha value is -1.20. The predicted molar refractivity (Wildman–Crippen MR) is 68.2 cm³/mol. The molecule has 88 valence electrons. The molecule has 0 spiro atoms. The Bertz CT molecular complexity index is 584. The van der Waals surface area contributed by atoms with Crippen LogP contribution in [0.5, 0.6) is 0 Å². The molecule has 1 heterocycles. The molecule has 0 aliphatic heterocycles. The van der Waals surface area contributed by atoms with Crippen LogP contribution in [-0.2, 0) is 4.74 Å². The number of esters is 1. The molecule has 0 aliphatic carbocycles. The van der Waals surface area contributed by atoms with Gasteiger partial charge < -0.3 is 4.74 Å². The monoisotopic (exact) mass is 314 g/mol. The average Bonchev–Trinajstić information content (AvgIpc) is 2.27. The molecule has 0 aliphatic rings. The Morgan fingerprint density at radius 3 is 2.94 bits per heavy atom. The molecule has 1 aromatic heterocycles. The molecular formula is C11H8BrClN2O2. The first-order valence-electron chi connectivity index (χ1n) is 4.91. The lowest BCUT2D eigenvalue weighted by molar-refractivity contribution is 0.0522. The maximum absolute atomic E-state index is 11.7. The second kappa shape index (κ2) is 4.98. The van der Waals surface area contributed by atoms with E-state index in [1.807, 2.05) is 6.07 Å². The van der Waals surface area contributed by atoms with Crippen molar-refractivity contribution in [2.24, 2.45) is 0 Å². The van der Waals surface area contributed by atoms with E-state index in [4.69, 9.17) is 16.3 Å². The van der Waals surface area contributed by atoms with Crippen molar-refractivity contribution in [1.82, 2.24) is 9.97 Å². The van der Waals surface area contributed by atoms with Gasteiger partial charge in [0.2, 0.25) is 5.28 Å². The van der Waals surface area contributed by atoms with Gasteiger partial charge in [-0.1, -0.05) is 15.9 Å². The predicted octanol–water partition coefficient (Wildman–Crippen LogP) is 3.22. The van der Waals surface area contributed by atoms with Gasteiger partial charge in [-0.2, -0.15) is 0 Å². The van der Waals surface area contributed by atoms with Gasteiger partial charge in [-0.25, -0.2) is 14.8 Å². The third-order valence-electron chi connectivity index (χ3n) is 2.10. The van der Waals surface area contributed by atoms with E-state index in [0.717, 1.165) is 4.47 Å². The highest BCUT2D eigenvalue weighted by Gasteiger charge is 2.15. The molecule has 0 atom stereocenters. The van der Waals surface area contributed by atoms with Gasteiger partial charge in [-0.3, -0.25) is 0 Å². The van der Waals surface area contributed by atoms with Crippen LogP contribution in [0.15, 0.2) is 22.7 Å². The fraction of sp³-hybridized carbons (Fsp3) is 0.182. The van der Waals surface area contributed by atoms with E-state index >= 15 is 0 Å². The van der Waals surface area contributed by atoms with Gasteiger partial charge in [-0.15, -0.1) is 0 Å². The number of ether oxygens (including phenoxy) is 1. The number of halogens is 2. The van der Waals surface area contributed by atoms with E-state index in [-0.39, 0.29) is 11.0 Å². The molecule has 1 aromatic carbocycles. The maximum Gasteiger partial charge on any atom is 0.357 e. The average molecular weight is 316 g/mol. The lowest BCUT2D eigenvalue weighted by Gasteiger charge is -2.05. The number of aromatic nitrogens is 2. The fourth-order valence-electron chi connectivity index (χ4n) is 1.43. The summed E-state index contributed by atoms with van der Waals surface area (Å²) in [6, 6.07) is 5.33. The minimum absolute atomic E-state index is 0.0265. The number of rotatable bonds is 2. The van der Waals surface area contributed by atoms with Crippen molar-refractivity contribution in [2.75, 3.05) is 6.61 Å². The number of carbonyl (C=O) groups excluding carboxylic acids is 1. The fourth-order valence-corrected chi connectivity index (χ4v) is 1.95. The van der Waals surface area contributed by atoms with E-state index < -0.39 is 5.97 Å². The van der Waals surface area contributed by atoms with Crippen molar-refractivity contribution in [2.45, 2.75) is 6.92 Å². The van der Waals surface area contributed by atoms with Crippen LogP contribution in [0, 0.1) is 0 Å². The minimum atomic E-state index is -0.496. The number of nitrogens with zero attached hydrogens (tertiary/aromatic N) is 2. The lowest BCUT2D eigenvalue weighted by atomic mass is 10.2. The highest BCUT2D eigenvalue weighted by Crippen LogP contribution is 2.22. The molecule has 0 bridgehead atoms. The first kappa shape index (κ1) is 12.3. The Kier molecular flexibility index (Phi) is 3.59. The van der Waals surface area contributed by atoms with Gasteiger partial charge in [0, 0.05) is 9.86 Å². The van der Waals surface area contributed by atoms with Crippen LogP contribution in [0.4, 0.5) is 0 Å². The molecular weight excluding hydrogens is 307 g/mol. The summed E-state index contributed by atoms with van der Waals surface area (Å²) >= 11 is 9.10. The van der Waals surface area contributed by atoms with Gasteiger partial charge >= 0.3 is 5.97 Å². The van der Waals surface area contributed by atoms with Gasteiger partial charge in [0.25, 0.3) is 0 Å². The Labute approximate surface area is 111 Å². The highest BCUT2D eigenvalue weighted by atomic mass is 79.9. The van der Waals surface area contributed by atoms with E-state index in [0.29, 0.717) is 17.5 Å². The van der Waals surface area contributed by atoms with Gasteiger partial charge in [0.1, 0.15) is 0 Å². The molecule has 2 aromatic rings. The zero-order valence-electron chi connectivity index (χ0n) is 8.91. The minimum Gasteiger partial charge on any atom is -0.461 e. The SMILES string of the molecule is CCOC(=O)c1nc(Cl)nc2cc(Br)ccc12. The lowest BCUT2D eigenvalue weighted by Crippen LogP contribution is -2.08. The van der Waals surface area contributed by atoms with Gasteiger partial charge in [-0.05, 0) is 36.7 Å². The number of hydrogen-bond acceptors (Lipinski definition) is 4. The summed E-state index contributed by atoms with van der Waals surface area (Å²) in [6.45, 7) is 2.03. The summed E-state index contributed by atoms with van der Waals surface area (Å²) in [6.07, 6.45) is 0. The van der Waals surface area contributed by atoms with E-state index in [1.54, 1.807) is 19.1 Å². The van der Waals surface area contributed by atoms with Crippen molar-refractivity contribution in [3.8, 4) is 0 Å². The Morgan fingerprint density at radius 1 is 1.47 bits per heavy atom. The molecule has 0 saturated heterocycles. The molecule has 0 radical (unpaired) electrons. The summed E-state index contributed by atoms with van der Waals surface area (Å²) < 4.78 is 5.78. The summed E-state index contributed by atoms with van der Waals surface area (Å²) in [7, 11) is 0. The van der Waals surface area contributed by atoms with Crippen LogP contribution < -0.4 is 0 Å². The summed E-state index contributed by atoms with van der Waals surface area (Å²) in [5.41, 5.74) is 0.789. The molecule has 6 heteroatoms. The number of benzene rings is 1. The van der Waals surface area contributed by atoms with E-state index in [9.17, 15) is 4.79 Å². The summed E-state index contributed by atoms with van der Waals surface area (Å²) in [5, 5.41) is 0.648. The maximum atomic E-state index is 11.7. The van der Waals surface area contributed by atoms with Crippen LogP contribution in [0.2, 0.25) is 5.28 Å². The molecule has 17 heavy (non-hydrogen) atoms. The van der Waals surface area contributed by atoms with Crippen LogP contribution in [0.3, 0.4) is 0 Å². The largest absolute Gasteiger partial charge is 0.461 e. The Morgan fingerprint density at radius 2 is 2.24 bits per heavy atom. The second-order valence-corrected chi connectivity index (χ2v) is 4.48. The zero-order valence-corrected chi connectivity index (χ0v) is 11.2. The van der Waals surface area contributed by atoms with Crippen molar-refractivity contribution in [3.05, 3.63) is 33.6 Å². The standard InChI is InChI=1S/C11H8BrClN2O2/c1-2-17-10(16)9-7-4-3-6(12)5-8(7)14-11(13)15-9/h3-5H,2H2,1H3. The van der Waals surface area contributed by atoms with Gasteiger partial charge in [0.05, 0.1) is 12.1 Å². The highest BCUT2D eigenvalue weighted by molar-refractivity contribution is 9.10. The molecule has 0 amide bonds. The molecule has 4 nitrogen and oxygen atoms in total. The number of fused-ring (bicyclic) bond motifs is 1. The summed E-state index contributed by atoms with van der Waals surface area (Å²) in [4.78, 5) is 19.7. The van der Waals surface area contributed by atoms with Crippen LogP contribution in [0.1, 0.15) is 17.4 Å². The summed E-state index contributed by atoms with van der Waals surface area (Å²) in [5.74, 6) is -0.496. The van der Waals surface area contributed by atoms with E-state index in [2.05, 4.69) is 25.9 Å². The van der Waals surface area contributed by atoms with Gasteiger partial charge in [0.15, 0.2) is 5.69 Å². The molecule has 2 rings (SSSR count). The normalized spacial score (nSPS) is 10.5. The first-order valence-corrected chi connectivity index (χ1v) is 6.09. The topological polar surface area (TPSA) is 52.1 Å². The number of hydrogen-bond donors (Lipinski definition) is 0. The molecule has 0 N–H and O–H groups in total. The van der Waals surface area contributed by atoms with E-state index in [1.165, 1.54) is 0 Å².